The van der Waals surface area contributed by atoms with Crippen molar-refractivity contribution in [2.24, 2.45) is 7.05 Å². The number of carbonyl (C=O) groups excluding carboxylic acids is 1. The number of nitrogens with zero attached hydrogens (tertiary/aromatic N) is 2. The van der Waals surface area contributed by atoms with Crippen LogP contribution < -0.4 is 5.32 Å². The minimum Gasteiger partial charge on any atom is -0.310 e. The lowest BCUT2D eigenvalue weighted by Gasteiger charge is -2.10. The summed E-state index contributed by atoms with van der Waals surface area (Å²) in [5.41, 5.74) is 2.45. The van der Waals surface area contributed by atoms with Gasteiger partial charge in [-0.05, 0) is 31.9 Å². The Labute approximate surface area is 129 Å². The molecule has 0 spiro atoms. The van der Waals surface area contributed by atoms with Crippen molar-refractivity contribution in [3.05, 3.63) is 41.1 Å². The van der Waals surface area contributed by atoms with Crippen LogP contribution in [0.5, 0.6) is 0 Å². The fraction of sp³-hybridized carbons (Fsp3) is 0.333. The second-order valence-corrected chi connectivity index (χ2v) is 7.73. The number of fused-ring (bicyclic) bond motifs is 1. The van der Waals surface area contributed by atoms with Crippen LogP contribution >= 0.6 is 0 Å². The Morgan fingerprint density at radius 1 is 1.32 bits per heavy atom. The Morgan fingerprint density at radius 3 is 2.68 bits per heavy atom. The van der Waals surface area contributed by atoms with Crippen LogP contribution in [0.1, 0.15) is 16.8 Å². The van der Waals surface area contributed by atoms with E-state index in [1.54, 1.807) is 32.2 Å². The van der Waals surface area contributed by atoms with E-state index in [1.807, 2.05) is 13.0 Å². The molecule has 3 rings (SSSR count). The Kier molecular flexibility index (Phi) is 3.32. The van der Waals surface area contributed by atoms with E-state index in [0.29, 0.717) is 11.4 Å². The summed E-state index contributed by atoms with van der Waals surface area (Å²) >= 11 is 0. The van der Waals surface area contributed by atoms with E-state index in [2.05, 4.69) is 10.4 Å². The van der Waals surface area contributed by atoms with Gasteiger partial charge in [-0.3, -0.25) is 9.48 Å². The van der Waals surface area contributed by atoms with Crippen LogP contribution in [0, 0.1) is 13.8 Å². The minimum absolute atomic E-state index is 0.210. The standard InChI is InChI=1S/C15H17N3O3S/c1-9-4-5-12-11(6-9)8-13(22(12,20)21)15(19)16-14-7-10(2)17-18(14)3/h4-7,13H,8H2,1-3H3,(H,16,19). The van der Waals surface area contributed by atoms with E-state index < -0.39 is 21.0 Å². The molecule has 0 radical (unpaired) electrons. The molecule has 0 bridgehead atoms. The normalized spacial score (nSPS) is 19.0. The molecule has 116 valence electrons. The quantitative estimate of drug-likeness (QED) is 0.906. The van der Waals surface area contributed by atoms with Crippen molar-refractivity contribution in [1.82, 2.24) is 9.78 Å². The van der Waals surface area contributed by atoms with E-state index in [4.69, 9.17) is 0 Å². The van der Waals surface area contributed by atoms with Crippen LogP contribution in [0.25, 0.3) is 0 Å². The van der Waals surface area contributed by atoms with E-state index in [9.17, 15) is 13.2 Å². The topological polar surface area (TPSA) is 81.1 Å². The number of sulfone groups is 1. The zero-order valence-electron chi connectivity index (χ0n) is 12.6. The summed E-state index contributed by atoms with van der Waals surface area (Å²) in [4.78, 5) is 12.7. The fourth-order valence-corrected chi connectivity index (χ4v) is 4.59. The van der Waals surface area contributed by atoms with E-state index >= 15 is 0 Å². The Bertz CT molecular complexity index is 868. The van der Waals surface area contributed by atoms with Crippen molar-refractivity contribution >= 4 is 21.6 Å². The second kappa shape index (κ2) is 4.95. The van der Waals surface area contributed by atoms with Gasteiger partial charge in [0.1, 0.15) is 11.1 Å². The van der Waals surface area contributed by atoms with Crippen LogP contribution in [0.2, 0.25) is 0 Å². The SMILES string of the molecule is Cc1ccc2c(c1)CC(C(=O)Nc1cc(C)nn1C)S2(=O)=O. The molecule has 1 unspecified atom stereocenters. The molecule has 1 atom stereocenters. The number of benzene rings is 1. The van der Waals surface area contributed by atoms with E-state index in [1.165, 1.54) is 4.68 Å². The maximum Gasteiger partial charge on any atom is 0.244 e. The number of amides is 1. The summed E-state index contributed by atoms with van der Waals surface area (Å²) in [5.74, 6) is -0.0262. The molecule has 22 heavy (non-hydrogen) atoms. The number of hydrogen-bond acceptors (Lipinski definition) is 4. The second-order valence-electron chi connectivity index (χ2n) is 5.63. The molecule has 0 saturated heterocycles. The summed E-state index contributed by atoms with van der Waals surface area (Å²) in [6, 6.07) is 6.87. The number of aromatic nitrogens is 2. The van der Waals surface area contributed by atoms with E-state index in [-0.39, 0.29) is 11.3 Å². The van der Waals surface area contributed by atoms with Crippen molar-refractivity contribution in [2.45, 2.75) is 30.4 Å². The van der Waals surface area contributed by atoms with Gasteiger partial charge in [-0.1, -0.05) is 17.7 Å². The molecule has 1 aromatic carbocycles. The highest BCUT2D eigenvalue weighted by Gasteiger charge is 2.42. The molecule has 2 heterocycles. The smallest absolute Gasteiger partial charge is 0.244 e. The Balaban J connectivity index is 1.90. The molecule has 1 aromatic heterocycles. The third-order valence-corrected chi connectivity index (χ3v) is 5.99. The first-order valence-electron chi connectivity index (χ1n) is 6.94. The van der Waals surface area contributed by atoms with Gasteiger partial charge in [-0.25, -0.2) is 8.42 Å². The molecule has 6 nitrogen and oxygen atoms in total. The average Bonchev–Trinajstić information content (AvgIpc) is 2.86. The van der Waals surface area contributed by atoms with Gasteiger partial charge < -0.3 is 5.32 Å². The molecular formula is C15H17N3O3S. The highest BCUT2D eigenvalue weighted by molar-refractivity contribution is 7.93. The molecule has 0 aliphatic carbocycles. The number of anilines is 1. The van der Waals surface area contributed by atoms with Gasteiger partial charge in [0, 0.05) is 13.1 Å². The summed E-state index contributed by atoms with van der Waals surface area (Å²) in [7, 11) is -1.93. The van der Waals surface area contributed by atoms with Crippen LogP contribution in [-0.4, -0.2) is 29.4 Å². The molecule has 1 aliphatic heterocycles. The summed E-state index contributed by atoms with van der Waals surface area (Å²) in [5, 5.41) is 5.71. The van der Waals surface area contributed by atoms with Crippen LogP contribution in [0.15, 0.2) is 29.2 Å². The van der Waals surface area contributed by atoms with E-state index in [0.717, 1.165) is 11.3 Å². The third kappa shape index (κ3) is 2.31. The highest BCUT2D eigenvalue weighted by atomic mass is 32.2. The predicted molar refractivity (Wildman–Crippen MR) is 82.4 cm³/mol. The van der Waals surface area contributed by atoms with Gasteiger partial charge in [0.15, 0.2) is 9.84 Å². The molecule has 0 fully saturated rings. The lowest BCUT2D eigenvalue weighted by atomic mass is 10.1. The van der Waals surface area contributed by atoms with Gasteiger partial charge in [-0.15, -0.1) is 0 Å². The summed E-state index contributed by atoms with van der Waals surface area (Å²) in [6.07, 6.45) is 0.210. The molecule has 1 amide bonds. The maximum absolute atomic E-state index is 12.5. The monoisotopic (exact) mass is 319 g/mol. The van der Waals surface area contributed by atoms with Crippen molar-refractivity contribution in [2.75, 3.05) is 5.32 Å². The number of nitrogens with one attached hydrogen (secondary N) is 1. The van der Waals surface area contributed by atoms with Gasteiger partial charge in [0.25, 0.3) is 0 Å². The number of hydrogen-bond donors (Lipinski definition) is 1. The largest absolute Gasteiger partial charge is 0.310 e. The first-order valence-corrected chi connectivity index (χ1v) is 8.48. The minimum atomic E-state index is -3.63. The summed E-state index contributed by atoms with van der Waals surface area (Å²) < 4.78 is 26.6. The maximum atomic E-state index is 12.5. The number of carbonyl (C=O) groups is 1. The highest BCUT2D eigenvalue weighted by Crippen LogP contribution is 2.32. The van der Waals surface area contributed by atoms with Crippen molar-refractivity contribution in [3.8, 4) is 0 Å². The predicted octanol–water partition coefficient (Wildman–Crippen LogP) is 1.37. The van der Waals surface area contributed by atoms with Crippen molar-refractivity contribution in [1.29, 1.82) is 0 Å². The average molecular weight is 319 g/mol. The van der Waals surface area contributed by atoms with Gasteiger partial charge in [0.2, 0.25) is 5.91 Å². The van der Waals surface area contributed by atoms with Crippen molar-refractivity contribution in [3.63, 3.8) is 0 Å². The Hall–Kier alpha value is -2.15. The zero-order chi connectivity index (χ0) is 16.1. The lowest BCUT2D eigenvalue weighted by molar-refractivity contribution is -0.115. The summed E-state index contributed by atoms with van der Waals surface area (Å²) in [6.45, 7) is 3.71. The number of aryl methyl sites for hydroxylation is 3. The lowest BCUT2D eigenvalue weighted by Crippen LogP contribution is -2.33. The molecule has 1 N–H and O–H groups in total. The molecule has 0 saturated carbocycles. The zero-order valence-corrected chi connectivity index (χ0v) is 13.4. The first kappa shape index (κ1) is 14.8. The van der Waals surface area contributed by atoms with Gasteiger partial charge >= 0.3 is 0 Å². The third-order valence-electron chi connectivity index (χ3n) is 3.85. The Morgan fingerprint density at radius 2 is 2.05 bits per heavy atom. The van der Waals surface area contributed by atoms with Crippen LogP contribution in [0.3, 0.4) is 0 Å². The fourth-order valence-electron chi connectivity index (χ4n) is 2.78. The molecular weight excluding hydrogens is 302 g/mol. The van der Waals surface area contributed by atoms with Crippen molar-refractivity contribution < 1.29 is 13.2 Å². The molecule has 2 aromatic rings. The van der Waals surface area contributed by atoms with Gasteiger partial charge in [0.05, 0.1) is 10.6 Å². The molecule has 7 heteroatoms. The van der Waals surface area contributed by atoms with Crippen LogP contribution in [-0.2, 0) is 28.1 Å². The first-order chi connectivity index (χ1) is 10.3. The van der Waals surface area contributed by atoms with Crippen LogP contribution in [0.4, 0.5) is 5.82 Å². The molecule has 1 aliphatic rings. The van der Waals surface area contributed by atoms with Gasteiger partial charge in [-0.2, -0.15) is 5.10 Å². The number of rotatable bonds is 2.